The van der Waals surface area contributed by atoms with Gasteiger partial charge in [-0.25, -0.2) is 9.78 Å². The molecule has 2 aromatic heterocycles. The Morgan fingerprint density at radius 2 is 2.10 bits per heavy atom. The number of pyridine rings is 1. The number of halogens is 1. The van der Waals surface area contributed by atoms with E-state index >= 15 is 0 Å². The van der Waals surface area contributed by atoms with Gasteiger partial charge in [-0.15, -0.1) is 0 Å². The molecule has 7 nitrogen and oxygen atoms in total. The quantitative estimate of drug-likeness (QED) is 0.839. The molecule has 0 unspecified atom stereocenters. The second kappa shape index (κ2) is 5.02. The van der Waals surface area contributed by atoms with Gasteiger partial charge in [0.15, 0.2) is 16.8 Å². The smallest absolute Gasteiger partial charge is 0.405 e. The Balaban J connectivity index is 2.06. The van der Waals surface area contributed by atoms with Crippen LogP contribution >= 0.6 is 15.9 Å². The van der Waals surface area contributed by atoms with Gasteiger partial charge in [0, 0.05) is 12.8 Å². The molecular weight excluding hydrogens is 330 g/mol. The van der Waals surface area contributed by atoms with Crippen molar-refractivity contribution in [2.75, 3.05) is 13.2 Å². The summed E-state index contributed by atoms with van der Waals surface area (Å²) in [5, 5.41) is 0. The molecule has 0 bridgehead atoms. The van der Waals surface area contributed by atoms with Crippen molar-refractivity contribution in [3.05, 3.63) is 22.6 Å². The Morgan fingerprint density at radius 3 is 2.80 bits per heavy atom. The van der Waals surface area contributed by atoms with Crippen LogP contribution in [0.3, 0.4) is 0 Å². The van der Waals surface area contributed by atoms with Gasteiger partial charge in [-0.3, -0.25) is 0 Å². The molecule has 3 rings (SSSR count). The molecule has 2 aromatic rings. The van der Waals surface area contributed by atoms with E-state index in [4.69, 9.17) is 19.6 Å². The highest BCUT2D eigenvalue weighted by Crippen LogP contribution is 2.37. The highest BCUT2D eigenvalue weighted by molar-refractivity contribution is 9.10. The number of carbonyl (C=O) groups is 1. The van der Waals surface area contributed by atoms with Crippen molar-refractivity contribution in [2.45, 2.75) is 18.4 Å². The second-order valence-corrected chi connectivity index (χ2v) is 5.31. The van der Waals surface area contributed by atoms with Gasteiger partial charge in [0.2, 0.25) is 5.89 Å². The molecular formula is C12H12BrN3O4. The molecule has 0 saturated carbocycles. The van der Waals surface area contributed by atoms with Crippen LogP contribution < -0.4 is 5.73 Å². The summed E-state index contributed by atoms with van der Waals surface area (Å²) in [5.74, 6) is 0.306. The molecule has 0 radical (unpaired) electrons. The first-order valence-corrected chi connectivity index (χ1v) is 6.88. The first kappa shape index (κ1) is 13.3. The maximum absolute atomic E-state index is 11.2. The van der Waals surface area contributed by atoms with Gasteiger partial charge in [-0.1, -0.05) is 0 Å². The topological polar surface area (TPSA) is 100 Å². The molecule has 0 spiro atoms. The summed E-state index contributed by atoms with van der Waals surface area (Å²) >= 11 is 3.27. The molecule has 1 aliphatic rings. The van der Waals surface area contributed by atoms with Crippen LogP contribution in [0.25, 0.3) is 11.2 Å². The van der Waals surface area contributed by atoms with E-state index in [9.17, 15) is 4.79 Å². The molecule has 20 heavy (non-hydrogen) atoms. The van der Waals surface area contributed by atoms with E-state index in [1.54, 1.807) is 12.1 Å². The third-order valence-corrected chi connectivity index (χ3v) is 3.65. The lowest BCUT2D eigenvalue weighted by Crippen LogP contribution is -2.40. The number of primary amides is 1. The van der Waals surface area contributed by atoms with Gasteiger partial charge in [0.1, 0.15) is 4.60 Å². The first-order valence-electron chi connectivity index (χ1n) is 6.09. The van der Waals surface area contributed by atoms with Crippen LogP contribution in [0.1, 0.15) is 18.7 Å². The predicted octanol–water partition coefficient (Wildman–Crippen LogP) is 2.09. The van der Waals surface area contributed by atoms with Gasteiger partial charge in [0.05, 0.1) is 13.2 Å². The van der Waals surface area contributed by atoms with Crippen molar-refractivity contribution in [2.24, 2.45) is 5.73 Å². The number of carbonyl (C=O) groups excluding carboxylic acids is 1. The summed E-state index contributed by atoms with van der Waals surface area (Å²) in [4.78, 5) is 19.7. The third kappa shape index (κ3) is 2.36. The fourth-order valence-corrected chi connectivity index (χ4v) is 2.54. The molecule has 0 aromatic carbocycles. The molecule has 1 aliphatic heterocycles. The van der Waals surface area contributed by atoms with Crippen molar-refractivity contribution in [1.82, 2.24) is 9.97 Å². The van der Waals surface area contributed by atoms with Gasteiger partial charge in [-0.05, 0) is 28.1 Å². The number of oxazole rings is 1. The summed E-state index contributed by atoms with van der Waals surface area (Å²) in [6.45, 7) is 0.895. The number of ether oxygens (including phenoxy) is 2. The lowest BCUT2D eigenvalue weighted by Gasteiger charge is -2.32. The second-order valence-electron chi connectivity index (χ2n) is 4.50. The number of rotatable bonds is 2. The van der Waals surface area contributed by atoms with Crippen molar-refractivity contribution >= 4 is 33.3 Å². The van der Waals surface area contributed by atoms with Crippen LogP contribution in [-0.4, -0.2) is 29.3 Å². The van der Waals surface area contributed by atoms with Crippen molar-refractivity contribution < 1.29 is 18.7 Å². The van der Waals surface area contributed by atoms with Crippen molar-refractivity contribution in [1.29, 1.82) is 0 Å². The van der Waals surface area contributed by atoms with E-state index in [1.165, 1.54) is 0 Å². The van der Waals surface area contributed by atoms with E-state index < -0.39 is 11.7 Å². The SMILES string of the molecule is NC(=O)OC1(c2nc3nc(Br)ccc3o2)CCOCC1. The molecule has 3 heterocycles. The summed E-state index contributed by atoms with van der Waals surface area (Å²) in [6, 6.07) is 3.50. The predicted molar refractivity (Wildman–Crippen MR) is 71.9 cm³/mol. The molecule has 0 atom stereocenters. The summed E-state index contributed by atoms with van der Waals surface area (Å²) in [6.07, 6.45) is 0.0386. The highest BCUT2D eigenvalue weighted by Gasteiger charge is 2.43. The van der Waals surface area contributed by atoms with E-state index in [1.807, 2.05) is 0 Å². The van der Waals surface area contributed by atoms with Crippen LogP contribution in [0, 0.1) is 0 Å². The number of nitrogens with zero attached hydrogens (tertiary/aromatic N) is 2. The lowest BCUT2D eigenvalue weighted by molar-refractivity contribution is -0.0864. The summed E-state index contributed by atoms with van der Waals surface area (Å²) in [5.41, 5.74) is 5.18. The fourth-order valence-electron chi connectivity index (χ4n) is 2.24. The molecule has 1 saturated heterocycles. The van der Waals surface area contributed by atoms with Gasteiger partial charge in [0.25, 0.3) is 0 Å². The average molecular weight is 342 g/mol. The number of aromatic nitrogens is 2. The number of amides is 1. The van der Waals surface area contributed by atoms with Crippen LogP contribution in [0.2, 0.25) is 0 Å². The van der Waals surface area contributed by atoms with E-state index in [-0.39, 0.29) is 0 Å². The minimum Gasteiger partial charge on any atom is -0.435 e. The van der Waals surface area contributed by atoms with Gasteiger partial charge < -0.3 is 19.6 Å². The zero-order valence-corrected chi connectivity index (χ0v) is 12.1. The average Bonchev–Trinajstić information content (AvgIpc) is 2.82. The van der Waals surface area contributed by atoms with Crippen molar-refractivity contribution in [3.8, 4) is 0 Å². The molecule has 8 heteroatoms. The standard InChI is InChI=1S/C12H12BrN3O4/c13-8-2-1-7-9(15-8)16-10(19-7)12(20-11(14)17)3-5-18-6-4-12/h1-2H,3-6H2,(H2,14,17). The first-order chi connectivity index (χ1) is 9.59. The molecule has 106 valence electrons. The molecule has 1 amide bonds. The maximum atomic E-state index is 11.2. The Labute approximate surface area is 122 Å². The summed E-state index contributed by atoms with van der Waals surface area (Å²) in [7, 11) is 0. The maximum Gasteiger partial charge on any atom is 0.405 e. The number of fused-ring (bicyclic) bond motifs is 1. The zero-order chi connectivity index (χ0) is 14.2. The van der Waals surface area contributed by atoms with Crippen LogP contribution in [0.5, 0.6) is 0 Å². The normalized spacial score (nSPS) is 18.1. The zero-order valence-electron chi connectivity index (χ0n) is 10.5. The van der Waals surface area contributed by atoms with Crippen LogP contribution in [-0.2, 0) is 15.1 Å². The van der Waals surface area contributed by atoms with E-state index in [2.05, 4.69) is 25.9 Å². The Bertz CT molecular complexity index is 651. The minimum absolute atomic E-state index is 0.306. The summed E-state index contributed by atoms with van der Waals surface area (Å²) < 4.78 is 16.9. The van der Waals surface area contributed by atoms with Crippen molar-refractivity contribution in [3.63, 3.8) is 0 Å². The number of hydrogen-bond acceptors (Lipinski definition) is 6. The number of hydrogen-bond donors (Lipinski definition) is 1. The van der Waals surface area contributed by atoms with E-state index in [0.29, 0.717) is 47.8 Å². The molecule has 1 fully saturated rings. The molecule has 2 N–H and O–H groups in total. The minimum atomic E-state index is -0.975. The number of nitrogens with two attached hydrogens (primary N) is 1. The van der Waals surface area contributed by atoms with Gasteiger partial charge >= 0.3 is 6.09 Å². The Kier molecular flexibility index (Phi) is 3.35. The Morgan fingerprint density at radius 1 is 1.35 bits per heavy atom. The van der Waals surface area contributed by atoms with Crippen LogP contribution in [0.4, 0.5) is 4.79 Å². The monoisotopic (exact) mass is 341 g/mol. The molecule has 0 aliphatic carbocycles. The fraction of sp³-hybridized carbons (Fsp3) is 0.417. The highest BCUT2D eigenvalue weighted by atomic mass is 79.9. The third-order valence-electron chi connectivity index (χ3n) is 3.21. The lowest BCUT2D eigenvalue weighted by atomic mass is 9.94. The Hall–Kier alpha value is -1.67. The van der Waals surface area contributed by atoms with E-state index in [0.717, 1.165) is 0 Å². The largest absolute Gasteiger partial charge is 0.435 e. The van der Waals surface area contributed by atoms with Gasteiger partial charge in [-0.2, -0.15) is 4.98 Å². The van der Waals surface area contributed by atoms with Crippen LogP contribution in [0.15, 0.2) is 21.2 Å².